The van der Waals surface area contributed by atoms with E-state index in [0.717, 1.165) is 19.4 Å². The zero-order valence-electron chi connectivity index (χ0n) is 11.8. The van der Waals surface area contributed by atoms with Crippen molar-refractivity contribution >= 4 is 29.9 Å². The third kappa shape index (κ3) is 17.8. The lowest BCUT2D eigenvalue weighted by Gasteiger charge is -2.07. The van der Waals surface area contributed by atoms with Crippen molar-refractivity contribution in [1.82, 2.24) is 5.32 Å². The Bertz CT molecular complexity index is 251. The second-order valence-corrected chi connectivity index (χ2v) is 4.28. The van der Waals surface area contributed by atoms with E-state index in [9.17, 15) is 13.2 Å². The van der Waals surface area contributed by atoms with Crippen LogP contribution in [0.5, 0.6) is 0 Å². The lowest BCUT2D eigenvalue weighted by atomic mass is 10.2. The number of alkyl halides is 3. The van der Waals surface area contributed by atoms with E-state index in [1.54, 1.807) is 0 Å². The summed E-state index contributed by atoms with van der Waals surface area (Å²) in [5.41, 5.74) is 5.59. The molecule has 4 nitrogen and oxygen atoms in total. The molecule has 0 fully saturated rings. The van der Waals surface area contributed by atoms with Crippen LogP contribution in [0.3, 0.4) is 0 Å². The van der Waals surface area contributed by atoms with Crippen molar-refractivity contribution in [3.8, 4) is 0 Å². The standard InChI is InChI=1S/C12H24F3N3O.HI/c1-2-3-4-5-7-17-11(16)18-8-6-9-19-10-12(13,14)15;/h2-10H2,1H3,(H3,16,17,18);1H. The van der Waals surface area contributed by atoms with E-state index in [2.05, 4.69) is 22.0 Å². The molecule has 0 aromatic carbocycles. The normalized spacial score (nSPS) is 12.1. The summed E-state index contributed by atoms with van der Waals surface area (Å²) in [6.45, 7) is 2.12. The number of hydrogen-bond donors (Lipinski definition) is 2. The summed E-state index contributed by atoms with van der Waals surface area (Å²) in [7, 11) is 0. The van der Waals surface area contributed by atoms with Crippen molar-refractivity contribution in [1.29, 1.82) is 0 Å². The first-order valence-corrected chi connectivity index (χ1v) is 6.64. The summed E-state index contributed by atoms with van der Waals surface area (Å²) in [5.74, 6) is 0.340. The molecule has 3 N–H and O–H groups in total. The zero-order chi connectivity index (χ0) is 14.6. The lowest BCUT2D eigenvalue weighted by Crippen LogP contribution is -2.32. The first-order chi connectivity index (χ1) is 8.95. The highest BCUT2D eigenvalue weighted by Gasteiger charge is 2.27. The van der Waals surface area contributed by atoms with E-state index in [0.29, 0.717) is 18.9 Å². The number of nitrogens with zero attached hydrogens (tertiary/aromatic N) is 1. The number of halogens is 4. The number of rotatable bonds is 10. The van der Waals surface area contributed by atoms with Gasteiger partial charge in [-0.25, -0.2) is 0 Å². The van der Waals surface area contributed by atoms with Gasteiger partial charge in [-0.05, 0) is 12.8 Å². The number of nitrogens with one attached hydrogen (secondary N) is 1. The third-order valence-corrected chi connectivity index (χ3v) is 2.33. The minimum Gasteiger partial charge on any atom is -0.372 e. The lowest BCUT2D eigenvalue weighted by molar-refractivity contribution is -0.173. The Morgan fingerprint density at radius 1 is 1.20 bits per heavy atom. The average molecular weight is 411 g/mol. The molecule has 0 atom stereocenters. The molecule has 0 aliphatic heterocycles. The van der Waals surface area contributed by atoms with Crippen LogP contribution in [-0.4, -0.2) is 38.4 Å². The Labute approximate surface area is 135 Å². The maximum Gasteiger partial charge on any atom is 0.411 e. The molecule has 8 heteroatoms. The number of ether oxygens (including phenoxy) is 1. The first-order valence-electron chi connectivity index (χ1n) is 6.64. The van der Waals surface area contributed by atoms with Gasteiger partial charge in [0.05, 0.1) is 0 Å². The molecule has 0 rings (SSSR count). The Balaban J connectivity index is 0. The Hall–Kier alpha value is -0.250. The fourth-order valence-electron chi connectivity index (χ4n) is 1.38. The van der Waals surface area contributed by atoms with Crippen LogP contribution in [0.15, 0.2) is 4.99 Å². The fraction of sp³-hybridized carbons (Fsp3) is 0.917. The molecule has 0 aromatic heterocycles. The van der Waals surface area contributed by atoms with Gasteiger partial charge in [0, 0.05) is 19.7 Å². The SMILES string of the molecule is CCCCCCNC(N)=NCCCOCC(F)(F)F.I. The van der Waals surface area contributed by atoms with Gasteiger partial charge in [-0.15, -0.1) is 24.0 Å². The van der Waals surface area contributed by atoms with E-state index in [-0.39, 0.29) is 30.6 Å². The van der Waals surface area contributed by atoms with Crippen molar-refractivity contribution < 1.29 is 17.9 Å². The van der Waals surface area contributed by atoms with E-state index in [4.69, 9.17) is 5.73 Å². The van der Waals surface area contributed by atoms with E-state index >= 15 is 0 Å². The van der Waals surface area contributed by atoms with Crippen LogP contribution in [0.1, 0.15) is 39.0 Å². The molecule has 0 unspecified atom stereocenters. The predicted octanol–water partition coefficient (Wildman–Crippen LogP) is 3.06. The van der Waals surface area contributed by atoms with Gasteiger partial charge in [0.2, 0.25) is 0 Å². The van der Waals surface area contributed by atoms with Gasteiger partial charge in [0.1, 0.15) is 6.61 Å². The molecule has 0 radical (unpaired) electrons. The smallest absolute Gasteiger partial charge is 0.372 e. The van der Waals surface area contributed by atoms with Crippen LogP contribution in [0.2, 0.25) is 0 Å². The van der Waals surface area contributed by atoms with Crippen molar-refractivity contribution in [3.63, 3.8) is 0 Å². The maximum atomic E-state index is 11.7. The second-order valence-electron chi connectivity index (χ2n) is 4.28. The second kappa shape index (κ2) is 13.7. The molecular weight excluding hydrogens is 386 g/mol. The molecular formula is C12H25F3IN3O. The minimum absolute atomic E-state index is 0. The molecule has 0 saturated heterocycles. The summed E-state index contributed by atoms with van der Waals surface area (Å²) in [4.78, 5) is 4.00. The number of unbranched alkanes of at least 4 members (excludes halogenated alkanes) is 3. The van der Waals surface area contributed by atoms with Crippen molar-refractivity contribution in [2.24, 2.45) is 10.7 Å². The number of hydrogen-bond acceptors (Lipinski definition) is 2. The van der Waals surface area contributed by atoms with Crippen molar-refractivity contribution in [3.05, 3.63) is 0 Å². The number of nitrogens with two attached hydrogens (primary N) is 1. The summed E-state index contributed by atoms with van der Waals surface area (Å²) in [6.07, 6.45) is 0.744. The van der Waals surface area contributed by atoms with Gasteiger partial charge >= 0.3 is 6.18 Å². The fourth-order valence-corrected chi connectivity index (χ4v) is 1.38. The van der Waals surface area contributed by atoms with Gasteiger partial charge in [-0.1, -0.05) is 26.2 Å². The minimum atomic E-state index is -4.26. The first kappa shape index (κ1) is 22.0. The molecule has 0 heterocycles. The van der Waals surface area contributed by atoms with Gasteiger partial charge in [0.25, 0.3) is 0 Å². The zero-order valence-corrected chi connectivity index (χ0v) is 14.2. The molecule has 0 bridgehead atoms. The monoisotopic (exact) mass is 411 g/mol. The van der Waals surface area contributed by atoms with Crippen LogP contribution in [0.4, 0.5) is 13.2 Å². The number of guanidine groups is 1. The molecule has 0 amide bonds. The van der Waals surface area contributed by atoms with E-state index < -0.39 is 12.8 Å². The Kier molecular flexibility index (Phi) is 15.1. The van der Waals surface area contributed by atoms with Crippen LogP contribution in [-0.2, 0) is 4.74 Å². The Morgan fingerprint density at radius 3 is 2.50 bits per heavy atom. The molecule has 0 saturated carbocycles. The van der Waals surface area contributed by atoms with Crippen molar-refractivity contribution in [2.45, 2.75) is 45.2 Å². The van der Waals surface area contributed by atoms with E-state index in [1.165, 1.54) is 12.8 Å². The van der Waals surface area contributed by atoms with Gasteiger partial charge in [-0.2, -0.15) is 13.2 Å². The van der Waals surface area contributed by atoms with Crippen LogP contribution >= 0.6 is 24.0 Å². The highest BCUT2D eigenvalue weighted by Crippen LogP contribution is 2.14. The van der Waals surface area contributed by atoms with Gasteiger partial charge in [0.15, 0.2) is 5.96 Å². The topological polar surface area (TPSA) is 59.6 Å². The van der Waals surface area contributed by atoms with Gasteiger partial charge < -0.3 is 15.8 Å². The van der Waals surface area contributed by atoms with Gasteiger partial charge in [-0.3, -0.25) is 4.99 Å². The van der Waals surface area contributed by atoms with Crippen LogP contribution < -0.4 is 11.1 Å². The summed E-state index contributed by atoms with van der Waals surface area (Å²) in [5, 5.41) is 2.96. The number of aliphatic imine (C=N–C) groups is 1. The Morgan fingerprint density at radius 2 is 1.90 bits per heavy atom. The molecule has 0 aliphatic carbocycles. The van der Waals surface area contributed by atoms with E-state index in [1.807, 2.05) is 0 Å². The molecule has 0 aliphatic rings. The third-order valence-electron chi connectivity index (χ3n) is 2.33. The van der Waals surface area contributed by atoms with Crippen LogP contribution in [0.25, 0.3) is 0 Å². The highest BCUT2D eigenvalue weighted by molar-refractivity contribution is 14.0. The molecule has 122 valence electrons. The quantitative estimate of drug-likeness (QED) is 0.252. The maximum absolute atomic E-state index is 11.7. The summed E-state index contributed by atoms with van der Waals surface area (Å²) >= 11 is 0. The highest BCUT2D eigenvalue weighted by atomic mass is 127. The molecule has 0 aromatic rings. The van der Waals surface area contributed by atoms with Crippen molar-refractivity contribution in [2.75, 3.05) is 26.3 Å². The summed E-state index contributed by atoms with van der Waals surface area (Å²) in [6, 6.07) is 0. The predicted molar refractivity (Wildman–Crippen MR) is 85.5 cm³/mol. The molecule has 0 spiro atoms. The molecule has 20 heavy (non-hydrogen) atoms. The van der Waals surface area contributed by atoms with Crippen LogP contribution in [0, 0.1) is 0 Å². The largest absolute Gasteiger partial charge is 0.411 e. The summed E-state index contributed by atoms with van der Waals surface area (Å²) < 4.78 is 39.7. The average Bonchev–Trinajstić information content (AvgIpc) is 2.32.